The molecule has 0 saturated carbocycles. The molecule has 170 valence electrons. The van der Waals surface area contributed by atoms with E-state index in [-0.39, 0.29) is 35.6 Å². The number of nitrogens with zero attached hydrogens (tertiary/aromatic N) is 3. The largest absolute Gasteiger partial charge is 0.333 e. The first kappa shape index (κ1) is 24.9. The molecule has 1 N–H and O–H groups in total. The van der Waals surface area contributed by atoms with Crippen LogP contribution in [-0.2, 0) is 15.0 Å². The third kappa shape index (κ3) is 7.10. The third-order valence-electron chi connectivity index (χ3n) is 4.68. The Hall–Kier alpha value is -2.34. The van der Waals surface area contributed by atoms with Crippen LogP contribution in [0.25, 0.3) is 5.69 Å². The molecule has 2 rings (SSSR count). The summed E-state index contributed by atoms with van der Waals surface area (Å²) in [5.41, 5.74) is 1.31. The molecule has 0 unspecified atom stereocenters. The minimum atomic E-state index is -0.258. The van der Waals surface area contributed by atoms with E-state index in [1.165, 1.54) is 0 Å². The van der Waals surface area contributed by atoms with E-state index in [2.05, 4.69) is 26.1 Å². The van der Waals surface area contributed by atoms with Gasteiger partial charge in [0.1, 0.15) is 5.82 Å². The van der Waals surface area contributed by atoms with Gasteiger partial charge >= 0.3 is 0 Å². The predicted molar refractivity (Wildman–Crippen MR) is 127 cm³/mol. The zero-order chi connectivity index (χ0) is 23.3. The van der Waals surface area contributed by atoms with Gasteiger partial charge in [-0.15, -0.1) is 0 Å². The number of halogens is 1. The lowest BCUT2D eigenvalue weighted by molar-refractivity contribution is -0.135. The molecule has 7 heteroatoms. The molecule has 2 aromatic rings. The molecule has 2 amide bonds. The Kier molecular flexibility index (Phi) is 8.29. The van der Waals surface area contributed by atoms with Gasteiger partial charge in [0.2, 0.25) is 11.8 Å². The molecule has 0 saturated heterocycles. The van der Waals surface area contributed by atoms with Gasteiger partial charge in [-0.2, -0.15) is 5.10 Å². The van der Waals surface area contributed by atoms with Gasteiger partial charge in [0, 0.05) is 24.4 Å². The number of carbonyl (C=O) groups is 2. The Bertz CT molecular complexity index is 913. The second kappa shape index (κ2) is 10.3. The van der Waals surface area contributed by atoms with Gasteiger partial charge in [-0.3, -0.25) is 9.59 Å². The number of anilines is 1. The van der Waals surface area contributed by atoms with Crippen molar-refractivity contribution in [3.05, 3.63) is 41.0 Å². The Morgan fingerprint density at radius 1 is 1.13 bits per heavy atom. The standard InChI is InChI=1S/C24H35ClN4O2/c1-16(2)12-23(31)28(14-17(3)4)15-22(30)26-21-13-20(24(5,6)7)27-29(21)19-11-9-8-10-18(19)25/h8-11,13,16-17H,12,14-15H2,1-7H3,(H,26,30). The quantitative estimate of drug-likeness (QED) is 0.598. The lowest BCUT2D eigenvalue weighted by Gasteiger charge is -2.25. The van der Waals surface area contributed by atoms with Crippen LogP contribution in [0.5, 0.6) is 0 Å². The van der Waals surface area contributed by atoms with E-state index in [9.17, 15) is 9.59 Å². The molecule has 0 spiro atoms. The first-order valence-electron chi connectivity index (χ1n) is 10.8. The van der Waals surface area contributed by atoms with E-state index in [4.69, 9.17) is 16.7 Å². The van der Waals surface area contributed by atoms with Crippen LogP contribution in [0.3, 0.4) is 0 Å². The maximum Gasteiger partial charge on any atom is 0.245 e. The lowest BCUT2D eigenvalue weighted by atomic mass is 9.92. The number of nitrogens with one attached hydrogen (secondary N) is 1. The number of para-hydroxylation sites is 1. The summed E-state index contributed by atoms with van der Waals surface area (Å²) in [6.45, 7) is 14.8. The average Bonchev–Trinajstić information content (AvgIpc) is 3.04. The van der Waals surface area contributed by atoms with Crippen LogP contribution < -0.4 is 5.32 Å². The van der Waals surface area contributed by atoms with Crippen molar-refractivity contribution < 1.29 is 9.59 Å². The van der Waals surface area contributed by atoms with Crippen molar-refractivity contribution in [2.75, 3.05) is 18.4 Å². The Morgan fingerprint density at radius 2 is 1.77 bits per heavy atom. The summed E-state index contributed by atoms with van der Waals surface area (Å²) in [7, 11) is 0. The van der Waals surface area contributed by atoms with Crippen LogP contribution in [0.4, 0.5) is 5.82 Å². The number of hydrogen-bond acceptors (Lipinski definition) is 3. The molecule has 6 nitrogen and oxygen atoms in total. The smallest absolute Gasteiger partial charge is 0.245 e. The van der Waals surface area contributed by atoms with Crippen LogP contribution in [0, 0.1) is 11.8 Å². The molecule has 1 aromatic carbocycles. The van der Waals surface area contributed by atoms with Crippen LogP contribution in [-0.4, -0.2) is 39.6 Å². The van der Waals surface area contributed by atoms with E-state index in [0.717, 1.165) is 5.69 Å². The second-order valence-corrected chi connectivity index (χ2v) is 10.2. The minimum Gasteiger partial charge on any atom is -0.333 e. The number of carbonyl (C=O) groups excluding carboxylic acids is 2. The first-order chi connectivity index (χ1) is 14.4. The van der Waals surface area contributed by atoms with E-state index in [1.54, 1.807) is 15.6 Å². The van der Waals surface area contributed by atoms with Crippen LogP contribution in [0.2, 0.25) is 5.02 Å². The molecule has 0 radical (unpaired) electrons. The number of aromatic nitrogens is 2. The summed E-state index contributed by atoms with van der Waals surface area (Å²) in [4.78, 5) is 27.2. The van der Waals surface area contributed by atoms with Crippen molar-refractivity contribution in [3.63, 3.8) is 0 Å². The SMILES string of the molecule is CC(C)CC(=O)N(CC(=O)Nc1cc(C(C)(C)C)nn1-c1ccccc1Cl)CC(C)C. The molecule has 1 heterocycles. The van der Waals surface area contributed by atoms with Crippen molar-refractivity contribution in [2.45, 2.75) is 60.3 Å². The number of amides is 2. The van der Waals surface area contributed by atoms with Crippen molar-refractivity contribution in [1.29, 1.82) is 0 Å². The van der Waals surface area contributed by atoms with E-state index in [1.807, 2.05) is 52.0 Å². The topological polar surface area (TPSA) is 67.2 Å². The van der Waals surface area contributed by atoms with Crippen LogP contribution >= 0.6 is 11.6 Å². The second-order valence-electron chi connectivity index (χ2n) is 9.84. The Morgan fingerprint density at radius 3 is 2.32 bits per heavy atom. The van der Waals surface area contributed by atoms with Crippen molar-refractivity contribution in [3.8, 4) is 5.69 Å². The van der Waals surface area contributed by atoms with E-state index >= 15 is 0 Å². The van der Waals surface area contributed by atoms with Gasteiger partial charge < -0.3 is 10.2 Å². The molecule has 0 bridgehead atoms. The monoisotopic (exact) mass is 446 g/mol. The fourth-order valence-electron chi connectivity index (χ4n) is 3.17. The predicted octanol–water partition coefficient (Wildman–Crippen LogP) is 5.29. The van der Waals surface area contributed by atoms with Crippen LogP contribution in [0.1, 0.15) is 60.6 Å². The van der Waals surface area contributed by atoms with Crippen molar-refractivity contribution >= 4 is 29.2 Å². The third-order valence-corrected chi connectivity index (χ3v) is 5.00. The van der Waals surface area contributed by atoms with Crippen LogP contribution in [0.15, 0.2) is 30.3 Å². The van der Waals surface area contributed by atoms with Gasteiger partial charge in [0.15, 0.2) is 0 Å². The lowest BCUT2D eigenvalue weighted by Crippen LogP contribution is -2.40. The van der Waals surface area contributed by atoms with E-state index < -0.39 is 0 Å². The fourth-order valence-corrected chi connectivity index (χ4v) is 3.39. The number of rotatable bonds is 8. The van der Waals surface area contributed by atoms with Crippen molar-refractivity contribution in [2.24, 2.45) is 11.8 Å². The molecule has 0 aliphatic carbocycles. The van der Waals surface area contributed by atoms with Gasteiger partial charge in [-0.1, -0.05) is 72.2 Å². The number of hydrogen-bond donors (Lipinski definition) is 1. The minimum absolute atomic E-state index is 0.00227. The van der Waals surface area contributed by atoms with E-state index in [0.29, 0.717) is 29.5 Å². The highest BCUT2D eigenvalue weighted by atomic mass is 35.5. The van der Waals surface area contributed by atoms with Gasteiger partial charge in [0.25, 0.3) is 0 Å². The summed E-state index contributed by atoms with van der Waals surface area (Å²) in [5.74, 6) is 0.773. The molecule has 0 fully saturated rings. The summed E-state index contributed by atoms with van der Waals surface area (Å²) >= 11 is 6.40. The Labute approximate surface area is 191 Å². The summed E-state index contributed by atoms with van der Waals surface area (Å²) < 4.78 is 1.66. The summed E-state index contributed by atoms with van der Waals surface area (Å²) in [5, 5.41) is 8.19. The Balaban J connectivity index is 2.31. The highest BCUT2D eigenvalue weighted by molar-refractivity contribution is 6.32. The molecule has 1 aromatic heterocycles. The molecule has 0 aliphatic heterocycles. The molecule has 0 atom stereocenters. The fraction of sp³-hybridized carbons (Fsp3) is 0.542. The highest BCUT2D eigenvalue weighted by Crippen LogP contribution is 2.29. The molecule has 0 aliphatic rings. The van der Waals surface area contributed by atoms with Gasteiger partial charge in [-0.05, 0) is 24.0 Å². The average molecular weight is 447 g/mol. The molecule has 31 heavy (non-hydrogen) atoms. The zero-order valence-electron chi connectivity index (χ0n) is 19.7. The number of benzene rings is 1. The molecular formula is C24H35ClN4O2. The summed E-state index contributed by atoms with van der Waals surface area (Å²) in [6.07, 6.45) is 0.422. The van der Waals surface area contributed by atoms with Crippen molar-refractivity contribution in [1.82, 2.24) is 14.7 Å². The van der Waals surface area contributed by atoms with Gasteiger partial charge in [0.05, 0.1) is 22.9 Å². The maximum atomic E-state index is 12.9. The zero-order valence-corrected chi connectivity index (χ0v) is 20.5. The summed E-state index contributed by atoms with van der Waals surface area (Å²) in [6, 6.07) is 9.23. The van der Waals surface area contributed by atoms with Gasteiger partial charge in [-0.25, -0.2) is 4.68 Å². The normalized spacial score (nSPS) is 11.8. The maximum absolute atomic E-state index is 12.9. The molecular weight excluding hydrogens is 412 g/mol. The highest BCUT2D eigenvalue weighted by Gasteiger charge is 2.24. The first-order valence-corrected chi connectivity index (χ1v) is 11.2.